The molecule has 1 N–H and O–H groups in total. The average molecular weight is 171 g/mol. The summed E-state index contributed by atoms with van der Waals surface area (Å²) in [6.07, 6.45) is 5.20. The Kier molecular flexibility index (Phi) is 2.18. The van der Waals surface area contributed by atoms with Gasteiger partial charge in [-0.25, -0.2) is 9.98 Å². The fraction of sp³-hybridized carbons (Fsp3) is 0. The fourth-order valence-electron chi connectivity index (χ4n) is 1.00. The zero-order valence-corrected chi connectivity index (χ0v) is 7.01. The number of aromatic amines is 1. The van der Waals surface area contributed by atoms with E-state index in [4.69, 9.17) is 0 Å². The first kappa shape index (κ1) is 7.73. The van der Waals surface area contributed by atoms with Crippen LogP contribution >= 0.6 is 0 Å². The lowest BCUT2D eigenvalue weighted by atomic mass is 10.2. The lowest BCUT2D eigenvalue weighted by Crippen LogP contribution is -1.78. The van der Waals surface area contributed by atoms with Crippen LogP contribution in [0.2, 0.25) is 0 Å². The summed E-state index contributed by atoms with van der Waals surface area (Å²) < 4.78 is 0. The lowest BCUT2D eigenvalue weighted by molar-refractivity contribution is 1.25. The second-order valence-corrected chi connectivity index (χ2v) is 2.58. The summed E-state index contributed by atoms with van der Waals surface area (Å²) >= 11 is 0. The molecule has 0 fully saturated rings. The van der Waals surface area contributed by atoms with Gasteiger partial charge in [0.2, 0.25) is 5.95 Å². The Morgan fingerprint density at radius 2 is 2.08 bits per heavy atom. The lowest BCUT2D eigenvalue weighted by Gasteiger charge is -1.88. The highest BCUT2D eigenvalue weighted by Crippen LogP contribution is 2.01. The normalized spacial score (nSPS) is 10.8. The van der Waals surface area contributed by atoms with E-state index < -0.39 is 0 Å². The van der Waals surface area contributed by atoms with Gasteiger partial charge in [-0.1, -0.05) is 30.3 Å². The maximum atomic E-state index is 4.14. The van der Waals surface area contributed by atoms with E-state index in [2.05, 4.69) is 15.0 Å². The van der Waals surface area contributed by atoms with Crippen molar-refractivity contribution in [2.24, 2.45) is 4.99 Å². The van der Waals surface area contributed by atoms with E-state index in [1.54, 1.807) is 18.6 Å². The number of H-pyrrole nitrogens is 1. The SMILES string of the molecule is C(=Nc1ncc[nH]1)c1ccccc1. The van der Waals surface area contributed by atoms with Gasteiger partial charge in [-0.15, -0.1) is 0 Å². The number of hydrogen-bond acceptors (Lipinski definition) is 2. The second-order valence-electron chi connectivity index (χ2n) is 2.58. The van der Waals surface area contributed by atoms with Gasteiger partial charge in [-0.3, -0.25) is 0 Å². The number of hydrogen-bond donors (Lipinski definition) is 1. The first-order valence-corrected chi connectivity index (χ1v) is 4.03. The van der Waals surface area contributed by atoms with Crippen molar-refractivity contribution in [2.75, 3.05) is 0 Å². The van der Waals surface area contributed by atoms with Crippen LogP contribution in [-0.4, -0.2) is 16.2 Å². The molecule has 0 aliphatic carbocycles. The van der Waals surface area contributed by atoms with Crippen molar-refractivity contribution < 1.29 is 0 Å². The van der Waals surface area contributed by atoms with E-state index in [-0.39, 0.29) is 0 Å². The molecule has 0 radical (unpaired) electrons. The van der Waals surface area contributed by atoms with Gasteiger partial charge in [0.15, 0.2) is 0 Å². The molecule has 0 aliphatic rings. The van der Waals surface area contributed by atoms with Crippen molar-refractivity contribution in [3.05, 3.63) is 48.3 Å². The van der Waals surface area contributed by atoms with Crippen molar-refractivity contribution in [3.63, 3.8) is 0 Å². The molecule has 0 bridgehead atoms. The van der Waals surface area contributed by atoms with Gasteiger partial charge in [-0.2, -0.15) is 0 Å². The highest BCUT2D eigenvalue weighted by molar-refractivity contribution is 5.80. The third kappa shape index (κ3) is 2.02. The summed E-state index contributed by atoms with van der Waals surface area (Å²) in [5.74, 6) is 0.629. The number of imidazole rings is 1. The number of aromatic nitrogens is 2. The summed E-state index contributed by atoms with van der Waals surface area (Å²) in [7, 11) is 0. The van der Waals surface area contributed by atoms with Crippen molar-refractivity contribution in [1.29, 1.82) is 0 Å². The van der Waals surface area contributed by atoms with Crippen LogP contribution in [-0.2, 0) is 0 Å². The summed E-state index contributed by atoms with van der Waals surface area (Å²) in [5, 5.41) is 0. The third-order valence-electron chi connectivity index (χ3n) is 1.62. The molecule has 1 aromatic heterocycles. The number of rotatable bonds is 2. The number of aliphatic imine (C=N–C) groups is 1. The minimum atomic E-state index is 0.629. The minimum Gasteiger partial charge on any atom is -0.329 e. The molecule has 0 saturated heterocycles. The molecule has 1 aromatic carbocycles. The molecule has 0 aliphatic heterocycles. The molecule has 0 amide bonds. The Hall–Kier alpha value is -1.90. The molecule has 0 atom stereocenters. The van der Waals surface area contributed by atoms with E-state index in [0.29, 0.717) is 5.95 Å². The second kappa shape index (κ2) is 3.67. The Bertz CT molecular complexity index is 376. The van der Waals surface area contributed by atoms with Crippen molar-refractivity contribution in [3.8, 4) is 0 Å². The zero-order valence-electron chi connectivity index (χ0n) is 7.01. The van der Waals surface area contributed by atoms with Crippen LogP contribution in [0.15, 0.2) is 47.7 Å². The van der Waals surface area contributed by atoms with E-state index >= 15 is 0 Å². The molecule has 3 nitrogen and oxygen atoms in total. The number of nitrogens with zero attached hydrogens (tertiary/aromatic N) is 2. The van der Waals surface area contributed by atoms with E-state index in [1.165, 1.54) is 0 Å². The first-order chi connectivity index (χ1) is 6.45. The van der Waals surface area contributed by atoms with Crippen LogP contribution in [0.25, 0.3) is 0 Å². The van der Waals surface area contributed by atoms with Gasteiger partial charge >= 0.3 is 0 Å². The molecule has 1 heterocycles. The molecule has 0 spiro atoms. The largest absolute Gasteiger partial charge is 0.329 e. The standard InChI is InChI=1S/C10H9N3/c1-2-4-9(5-3-1)8-13-10-11-6-7-12-10/h1-8H,(H,11,12). The minimum absolute atomic E-state index is 0.629. The van der Waals surface area contributed by atoms with Crippen molar-refractivity contribution in [2.45, 2.75) is 0 Å². The molecular formula is C10H9N3. The van der Waals surface area contributed by atoms with Gasteiger partial charge < -0.3 is 4.98 Å². The predicted molar refractivity (Wildman–Crippen MR) is 52.3 cm³/mol. The summed E-state index contributed by atoms with van der Waals surface area (Å²) in [5.41, 5.74) is 1.07. The van der Waals surface area contributed by atoms with Crippen LogP contribution < -0.4 is 0 Å². The monoisotopic (exact) mass is 171 g/mol. The van der Waals surface area contributed by atoms with Crippen LogP contribution in [0.1, 0.15) is 5.56 Å². The highest BCUT2D eigenvalue weighted by Gasteiger charge is 1.87. The van der Waals surface area contributed by atoms with Gasteiger partial charge in [0.05, 0.1) is 0 Å². The topological polar surface area (TPSA) is 41.0 Å². The Balaban J connectivity index is 2.15. The van der Waals surface area contributed by atoms with Gasteiger partial charge in [0.1, 0.15) is 0 Å². The molecule has 2 aromatic rings. The van der Waals surface area contributed by atoms with Crippen LogP contribution in [0.4, 0.5) is 5.95 Å². The maximum absolute atomic E-state index is 4.14. The van der Waals surface area contributed by atoms with E-state index in [1.807, 2.05) is 30.3 Å². The number of benzene rings is 1. The molecule has 3 heteroatoms. The molecule has 0 unspecified atom stereocenters. The summed E-state index contributed by atoms with van der Waals surface area (Å²) in [6.45, 7) is 0. The Labute approximate surface area is 76.2 Å². The molecular weight excluding hydrogens is 162 g/mol. The fourth-order valence-corrected chi connectivity index (χ4v) is 1.00. The van der Waals surface area contributed by atoms with E-state index in [0.717, 1.165) is 5.56 Å². The Morgan fingerprint density at radius 1 is 1.23 bits per heavy atom. The number of nitrogens with one attached hydrogen (secondary N) is 1. The molecule has 0 saturated carbocycles. The molecule has 64 valence electrons. The average Bonchev–Trinajstić information content (AvgIpc) is 2.69. The van der Waals surface area contributed by atoms with Crippen molar-refractivity contribution in [1.82, 2.24) is 9.97 Å². The molecule has 2 rings (SSSR count). The van der Waals surface area contributed by atoms with Gasteiger partial charge in [0.25, 0.3) is 0 Å². The predicted octanol–water partition coefficient (Wildman–Crippen LogP) is 2.16. The van der Waals surface area contributed by atoms with Crippen molar-refractivity contribution >= 4 is 12.2 Å². The van der Waals surface area contributed by atoms with Crippen LogP contribution in [0.3, 0.4) is 0 Å². The summed E-state index contributed by atoms with van der Waals surface area (Å²) in [4.78, 5) is 11.0. The van der Waals surface area contributed by atoms with Crippen LogP contribution in [0.5, 0.6) is 0 Å². The molecule has 13 heavy (non-hydrogen) atoms. The van der Waals surface area contributed by atoms with Gasteiger partial charge in [-0.05, 0) is 5.56 Å². The highest BCUT2D eigenvalue weighted by atomic mass is 15.0. The van der Waals surface area contributed by atoms with E-state index in [9.17, 15) is 0 Å². The maximum Gasteiger partial charge on any atom is 0.226 e. The van der Waals surface area contributed by atoms with Crippen LogP contribution in [0, 0.1) is 0 Å². The third-order valence-corrected chi connectivity index (χ3v) is 1.62. The first-order valence-electron chi connectivity index (χ1n) is 4.03. The Morgan fingerprint density at radius 3 is 2.77 bits per heavy atom. The quantitative estimate of drug-likeness (QED) is 0.691. The summed E-state index contributed by atoms with van der Waals surface area (Å²) in [6, 6.07) is 9.91. The smallest absolute Gasteiger partial charge is 0.226 e. The zero-order chi connectivity index (χ0) is 8.93. The van der Waals surface area contributed by atoms with Gasteiger partial charge in [0, 0.05) is 18.6 Å².